The van der Waals surface area contributed by atoms with E-state index >= 15 is 0 Å². The van der Waals surface area contributed by atoms with Gasteiger partial charge in [-0.25, -0.2) is 4.79 Å². The molecule has 0 aromatic carbocycles. The number of ether oxygens (including phenoxy) is 1. The zero-order valence-electron chi connectivity index (χ0n) is 12.6. The Bertz CT molecular complexity index is 344. The highest BCUT2D eigenvalue weighted by molar-refractivity contribution is 5.83. The number of carboxylic acid groups (broad SMARTS) is 1. The highest BCUT2D eigenvalue weighted by Gasteiger charge is 2.25. The Kier molecular flexibility index (Phi) is 8.35. The summed E-state index contributed by atoms with van der Waals surface area (Å²) in [4.78, 5) is 37.1. The van der Waals surface area contributed by atoms with Crippen LogP contribution in [0.4, 0.5) is 4.79 Å². The lowest BCUT2D eigenvalue weighted by atomic mass is 10.2. The fourth-order valence-corrected chi connectivity index (χ4v) is 1.75. The van der Waals surface area contributed by atoms with Gasteiger partial charge < -0.3 is 19.6 Å². The summed E-state index contributed by atoms with van der Waals surface area (Å²) in [6, 6.07) is -0.451. The number of hydrogen-bond acceptors (Lipinski definition) is 4. The van der Waals surface area contributed by atoms with Crippen molar-refractivity contribution in [1.29, 1.82) is 0 Å². The van der Waals surface area contributed by atoms with Crippen LogP contribution in [0.3, 0.4) is 0 Å². The first-order valence-electron chi connectivity index (χ1n) is 6.64. The Balaban J connectivity index is 4.92. The van der Waals surface area contributed by atoms with E-state index in [0.29, 0.717) is 19.5 Å². The van der Waals surface area contributed by atoms with E-state index in [0.717, 1.165) is 0 Å². The van der Waals surface area contributed by atoms with E-state index in [1.807, 2.05) is 20.8 Å². The van der Waals surface area contributed by atoms with E-state index < -0.39 is 18.0 Å². The van der Waals surface area contributed by atoms with Crippen LogP contribution in [0.15, 0.2) is 0 Å². The Morgan fingerprint density at radius 3 is 2.15 bits per heavy atom. The van der Waals surface area contributed by atoms with Crippen molar-refractivity contribution >= 4 is 18.0 Å². The number of urea groups is 1. The number of carboxylic acids is 1. The van der Waals surface area contributed by atoms with Gasteiger partial charge in [0.05, 0.1) is 7.11 Å². The van der Waals surface area contributed by atoms with Crippen molar-refractivity contribution in [2.24, 2.45) is 5.92 Å². The molecule has 0 bridgehead atoms. The summed E-state index contributed by atoms with van der Waals surface area (Å²) in [5, 5.41) is 8.88. The van der Waals surface area contributed by atoms with Gasteiger partial charge in [-0.1, -0.05) is 20.8 Å². The van der Waals surface area contributed by atoms with Crippen molar-refractivity contribution < 1.29 is 24.2 Å². The molecule has 0 unspecified atom stereocenters. The molecule has 2 amide bonds. The number of carbonyl (C=O) groups excluding carboxylic acids is 2. The van der Waals surface area contributed by atoms with Gasteiger partial charge in [0.2, 0.25) is 0 Å². The van der Waals surface area contributed by atoms with Crippen LogP contribution in [0, 0.1) is 5.92 Å². The maximum Gasteiger partial charge on any atom is 0.325 e. The van der Waals surface area contributed by atoms with E-state index in [1.54, 1.807) is 0 Å². The van der Waals surface area contributed by atoms with Crippen molar-refractivity contribution in [3.63, 3.8) is 0 Å². The van der Waals surface area contributed by atoms with Crippen LogP contribution in [0.1, 0.15) is 27.2 Å². The summed E-state index contributed by atoms with van der Waals surface area (Å²) >= 11 is 0. The van der Waals surface area contributed by atoms with E-state index in [2.05, 4.69) is 4.74 Å². The first kappa shape index (κ1) is 18.2. The van der Waals surface area contributed by atoms with Gasteiger partial charge in [-0.15, -0.1) is 0 Å². The van der Waals surface area contributed by atoms with E-state index in [4.69, 9.17) is 5.11 Å². The van der Waals surface area contributed by atoms with Crippen LogP contribution in [0.5, 0.6) is 0 Å². The molecule has 20 heavy (non-hydrogen) atoms. The normalized spacial score (nSPS) is 10.2. The molecule has 0 aromatic rings. The fourth-order valence-electron chi connectivity index (χ4n) is 1.75. The quantitative estimate of drug-likeness (QED) is 0.674. The van der Waals surface area contributed by atoms with Crippen LogP contribution < -0.4 is 0 Å². The lowest BCUT2D eigenvalue weighted by Crippen LogP contribution is -2.48. The molecule has 116 valence electrons. The highest BCUT2D eigenvalue weighted by atomic mass is 16.5. The molecule has 0 saturated heterocycles. The zero-order chi connectivity index (χ0) is 15.7. The second-order valence-electron chi connectivity index (χ2n) is 4.95. The van der Waals surface area contributed by atoms with Crippen molar-refractivity contribution in [2.75, 3.05) is 33.3 Å². The Labute approximate surface area is 119 Å². The molecule has 0 aromatic heterocycles. The van der Waals surface area contributed by atoms with Gasteiger partial charge in [0, 0.05) is 13.1 Å². The minimum Gasteiger partial charge on any atom is -0.480 e. The van der Waals surface area contributed by atoms with Crippen LogP contribution >= 0.6 is 0 Å². The summed E-state index contributed by atoms with van der Waals surface area (Å²) in [5.74, 6) is -1.46. The van der Waals surface area contributed by atoms with Crippen LogP contribution in [-0.2, 0) is 14.3 Å². The maximum absolute atomic E-state index is 12.3. The summed E-state index contributed by atoms with van der Waals surface area (Å²) in [6.07, 6.45) is 0.672. The second kappa shape index (κ2) is 9.17. The van der Waals surface area contributed by atoms with Crippen molar-refractivity contribution in [3.8, 4) is 0 Å². The lowest BCUT2D eigenvalue weighted by Gasteiger charge is -2.30. The lowest BCUT2D eigenvalue weighted by molar-refractivity contribution is -0.141. The minimum absolute atomic E-state index is 0.139. The highest BCUT2D eigenvalue weighted by Crippen LogP contribution is 2.05. The largest absolute Gasteiger partial charge is 0.480 e. The zero-order valence-corrected chi connectivity index (χ0v) is 12.6. The molecule has 0 heterocycles. The number of rotatable bonds is 8. The third-order valence-electron chi connectivity index (χ3n) is 2.49. The molecule has 1 N–H and O–H groups in total. The first-order chi connectivity index (χ1) is 9.31. The van der Waals surface area contributed by atoms with Gasteiger partial charge in [0.1, 0.15) is 13.1 Å². The van der Waals surface area contributed by atoms with Crippen molar-refractivity contribution in [1.82, 2.24) is 9.80 Å². The van der Waals surface area contributed by atoms with Gasteiger partial charge >= 0.3 is 18.0 Å². The Morgan fingerprint density at radius 2 is 1.75 bits per heavy atom. The number of aliphatic carboxylic acids is 1. The topological polar surface area (TPSA) is 87.2 Å². The molecule has 7 heteroatoms. The predicted octanol–water partition coefficient (Wildman–Crippen LogP) is 1.03. The summed E-state index contributed by atoms with van der Waals surface area (Å²) in [5.41, 5.74) is 0. The smallest absolute Gasteiger partial charge is 0.325 e. The molecular weight excluding hydrogens is 264 g/mol. The van der Waals surface area contributed by atoms with Crippen LogP contribution in [0.25, 0.3) is 0 Å². The Hall–Kier alpha value is -1.79. The third-order valence-corrected chi connectivity index (χ3v) is 2.49. The van der Waals surface area contributed by atoms with Crippen molar-refractivity contribution in [2.45, 2.75) is 27.2 Å². The number of carbonyl (C=O) groups is 3. The number of amides is 2. The maximum atomic E-state index is 12.3. The van der Waals surface area contributed by atoms with E-state index in [1.165, 1.54) is 16.9 Å². The third kappa shape index (κ3) is 6.96. The number of esters is 1. The summed E-state index contributed by atoms with van der Waals surface area (Å²) in [6.45, 7) is 5.82. The Morgan fingerprint density at radius 1 is 1.15 bits per heavy atom. The average Bonchev–Trinajstić information content (AvgIpc) is 2.35. The molecule has 0 aliphatic heterocycles. The SMILES string of the molecule is CCCN(CC(=O)OC)C(=O)N(CC(=O)O)CC(C)C. The average molecular weight is 288 g/mol. The molecule has 0 rings (SSSR count). The molecule has 0 fully saturated rings. The van der Waals surface area contributed by atoms with Gasteiger partial charge in [-0.05, 0) is 12.3 Å². The summed E-state index contributed by atoms with van der Waals surface area (Å²) < 4.78 is 4.55. The van der Waals surface area contributed by atoms with E-state index in [9.17, 15) is 14.4 Å². The number of hydrogen-bond donors (Lipinski definition) is 1. The molecule has 0 aliphatic rings. The standard InChI is InChI=1S/C13H24N2O5/c1-5-6-14(9-12(18)20-4)13(19)15(7-10(2)3)8-11(16)17/h10H,5-9H2,1-4H3,(H,16,17). The monoisotopic (exact) mass is 288 g/mol. The molecular formula is C13H24N2O5. The summed E-state index contributed by atoms with van der Waals surface area (Å²) in [7, 11) is 1.25. The molecule has 0 spiro atoms. The molecule has 0 saturated carbocycles. The van der Waals surface area contributed by atoms with Gasteiger partial charge in [0.15, 0.2) is 0 Å². The van der Waals surface area contributed by atoms with Crippen molar-refractivity contribution in [3.05, 3.63) is 0 Å². The van der Waals surface area contributed by atoms with E-state index in [-0.39, 0.29) is 19.0 Å². The second-order valence-corrected chi connectivity index (χ2v) is 4.95. The molecule has 0 aliphatic carbocycles. The number of methoxy groups -OCH3 is 1. The fraction of sp³-hybridized carbons (Fsp3) is 0.769. The first-order valence-corrected chi connectivity index (χ1v) is 6.64. The van der Waals surface area contributed by atoms with Gasteiger partial charge in [-0.2, -0.15) is 0 Å². The van der Waals surface area contributed by atoms with Crippen LogP contribution in [0.2, 0.25) is 0 Å². The minimum atomic E-state index is -1.08. The molecule has 0 radical (unpaired) electrons. The molecule has 0 atom stereocenters. The van der Waals surface area contributed by atoms with Gasteiger partial charge in [-0.3, -0.25) is 9.59 Å². The molecule has 7 nitrogen and oxygen atoms in total. The predicted molar refractivity (Wildman–Crippen MR) is 73.3 cm³/mol. The van der Waals surface area contributed by atoms with Crippen LogP contribution in [-0.4, -0.2) is 66.2 Å². The number of nitrogens with zero attached hydrogens (tertiary/aromatic N) is 2. The van der Waals surface area contributed by atoms with Gasteiger partial charge in [0.25, 0.3) is 0 Å².